The summed E-state index contributed by atoms with van der Waals surface area (Å²) in [6.07, 6.45) is 3.21. The van der Waals surface area contributed by atoms with Crippen molar-refractivity contribution in [3.63, 3.8) is 0 Å². The number of hydrogen-bond donors (Lipinski definition) is 2. The summed E-state index contributed by atoms with van der Waals surface area (Å²) in [6, 6.07) is 8.00. The molecule has 1 aromatic carbocycles. The Morgan fingerprint density at radius 1 is 1.40 bits per heavy atom. The number of rotatable bonds is 6. The highest BCUT2D eigenvalue weighted by atomic mass is 79.9. The smallest absolute Gasteiger partial charge is 0.231 e. The zero-order valence-electron chi connectivity index (χ0n) is 12.1. The fraction of sp³-hybridized carbons (Fsp3) is 0.562. The van der Waals surface area contributed by atoms with Gasteiger partial charge in [-0.2, -0.15) is 0 Å². The molecule has 0 bridgehead atoms. The number of aliphatic hydroxyl groups is 1. The van der Waals surface area contributed by atoms with Crippen LogP contribution >= 0.6 is 15.9 Å². The molecule has 0 aromatic heterocycles. The van der Waals surface area contributed by atoms with Crippen molar-refractivity contribution in [1.82, 2.24) is 5.32 Å². The number of aliphatic hydroxyl groups excluding tert-OH is 1. The Labute approximate surface area is 128 Å². The lowest BCUT2D eigenvalue weighted by atomic mass is 9.90. The summed E-state index contributed by atoms with van der Waals surface area (Å²) in [5.74, 6) is 0.0950. The fourth-order valence-electron chi connectivity index (χ4n) is 2.51. The predicted molar refractivity (Wildman–Crippen MR) is 83.6 cm³/mol. The molecule has 110 valence electrons. The third-order valence-corrected chi connectivity index (χ3v) is 4.97. The summed E-state index contributed by atoms with van der Waals surface area (Å²) in [7, 11) is 0. The molecule has 1 saturated carbocycles. The van der Waals surface area contributed by atoms with Crippen molar-refractivity contribution in [2.75, 3.05) is 6.61 Å². The molecule has 2 rings (SSSR count). The largest absolute Gasteiger partial charge is 0.396 e. The first-order valence-corrected chi connectivity index (χ1v) is 7.95. The Morgan fingerprint density at radius 2 is 2.00 bits per heavy atom. The van der Waals surface area contributed by atoms with Gasteiger partial charge < -0.3 is 10.4 Å². The summed E-state index contributed by atoms with van der Waals surface area (Å²) in [4.78, 5) is 12.7. The number of nitrogens with one attached hydrogen (secondary N) is 1. The normalized spacial score (nSPS) is 19.2. The lowest BCUT2D eigenvalue weighted by Gasteiger charge is -2.31. The average Bonchev–Trinajstić information content (AvgIpc) is 3.21. The van der Waals surface area contributed by atoms with Crippen molar-refractivity contribution in [3.8, 4) is 0 Å². The van der Waals surface area contributed by atoms with Crippen LogP contribution in [0, 0.1) is 0 Å². The topological polar surface area (TPSA) is 49.3 Å². The second-order valence-electron chi connectivity index (χ2n) is 5.93. The van der Waals surface area contributed by atoms with E-state index in [4.69, 9.17) is 5.11 Å². The van der Waals surface area contributed by atoms with Gasteiger partial charge in [-0.15, -0.1) is 0 Å². The molecule has 1 fully saturated rings. The first-order valence-electron chi connectivity index (χ1n) is 7.15. The first-order chi connectivity index (χ1) is 9.46. The molecule has 1 atom stereocenters. The lowest BCUT2D eigenvalue weighted by Crippen LogP contribution is -2.50. The summed E-state index contributed by atoms with van der Waals surface area (Å²) in [5.41, 5.74) is 0.407. The molecule has 4 heteroatoms. The second-order valence-corrected chi connectivity index (χ2v) is 6.85. The minimum Gasteiger partial charge on any atom is -0.396 e. The molecular weight excluding hydrogens is 318 g/mol. The van der Waals surface area contributed by atoms with Crippen LogP contribution in [0.5, 0.6) is 0 Å². The van der Waals surface area contributed by atoms with Crippen molar-refractivity contribution < 1.29 is 9.90 Å². The van der Waals surface area contributed by atoms with Gasteiger partial charge in [0.15, 0.2) is 0 Å². The van der Waals surface area contributed by atoms with E-state index in [0.29, 0.717) is 6.42 Å². The minimum atomic E-state index is -0.355. The van der Waals surface area contributed by atoms with Crippen LogP contribution in [0.3, 0.4) is 0 Å². The third kappa shape index (κ3) is 3.07. The summed E-state index contributed by atoms with van der Waals surface area (Å²) >= 11 is 3.42. The molecule has 0 aliphatic heterocycles. The van der Waals surface area contributed by atoms with E-state index < -0.39 is 0 Å². The fourth-order valence-corrected chi connectivity index (χ4v) is 2.77. The molecule has 1 aliphatic carbocycles. The molecule has 3 nitrogen and oxygen atoms in total. The maximum Gasteiger partial charge on any atom is 0.231 e. The number of benzene rings is 1. The van der Waals surface area contributed by atoms with Gasteiger partial charge in [0.05, 0.1) is 5.41 Å². The SMILES string of the molecule is CCC(C)(CCO)NC(=O)C1(c2ccc(Br)cc2)CC1. The summed E-state index contributed by atoms with van der Waals surface area (Å²) < 4.78 is 1.02. The number of hydrogen-bond acceptors (Lipinski definition) is 2. The lowest BCUT2D eigenvalue weighted by molar-refractivity contribution is -0.125. The van der Waals surface area contributed by atoms with Crippen molar-refractivity contribution in [2.45, 2.75) is 50.5 Å². The highest BCUT2D eigenvalue weighted by molar-refractivity contribution is 9.10. The third-order valence-electron chi connectivity index (χ3n) is 4.44. The maximum atomic E-state index is 12.7. The van der Waals surface area contributed by atoms with E-state index in [2.05, 4.69) is 21.2 Å². The van der Waals surface area contributed by atoms with Crippen LogP contribution in [0.2, 0.25) is 0 Å². The monoisotopic (exact) mass is 339 g/mol. The van der Waals surface area contributed by atoms with Crippen LogP contribution < -0.4 is 5.32 Å². The Hall–Kier alpha value is -0.870. The molecule has 0 saturated heterocycles. The van der Waals surface area contributed by atoms with Gasteiger partial charge in [0.25, 0.3) is 0 Å². The number of halogens is 1. The molecule has 1 aromatic rings. The van der Waals surface area contributed by atoms with Crippen LogP contribution in [0.4, 0.5) is 0 Å². The van der Waals surface area contributed by atoms with E-state index in [-0.39, 0.29) is 23.5 Å². The maximum absolute atomic E-state index is 12.7. The second kappa shape index (κ2) is 5.86. The van der Waals surface area contributed by atoms with Crippen molar-refractivity contribution in [2.24, 2.45) is 0 Å². The first kappa shape index (κ1) is 15.5. The molecule has 1 aliphatic rings. The van der Waals surface area contributed by atoms with Crippen molar-refractivity contribution >= 4 is 21.8 Å². The van der Waals surface area contributed by atoms with Gasteiger partial charge in [-0.05, 0) is 50.3 Å². The molecule has 0 heterocycles. The van der Waals surface area contributed by atoms with Gasteiger partial charge in [-0.1, -0.05) is 35.0 Å². The van der Waals surface area contributed by atoms with Crippen LogP contribution in [-0.2, 0) is 10.2 Å². The van der Waals surface area contributed by atoms with Crippen LogP contribution in [0.25, 0.3) is 0 Å². The van der Waals surface area contributed by atoms with Crippen LogP contribution in [-0.4, -0.2) is 23.2 Å². The van der Waals surface area contributed by atoms with E-state index in [1.807, 2.05) is 38.1 Å². The summed E-state index contributed by atoms with van der Waals surface area (Å²) in [5, 5.41) is 12.3. The Kier molecular flexibility index (Phi) is 4.55. The van der Waals surface area contributed by atoms with Crippen LogP contribution in [0.1, 0.15) is 45.1 Å². The van der Waals surface area contributed by atoms with E-state index >= 15 is 0 Å². The number of amides is 1. The molecule has 20 heavy (non-hydrogen) atoms. The van der Waals surface area contributed by atoms with Gasteiger partial charge >= 0.3 is 0 Å². The zero-order valence-corrected chi connectivity index (χ0v) is 13.7. The molecule has 1 amide bonds. The molecule has 0 spiro atoms. The van der Waals surface area contributed by atoms with E-state index in [1.165, 1.54) is 0 Å². The van der Waals surface area contributed by atoms with Gasteiger partial charge in [0.1, 0.15) is 0 Å². The predicted octanol–water partition coefficient (Wildman–Crippen LogP) is 3.15. The van der Waals surface area contributed by atoms with Crippen molar-refractivity contribution in [3.05, 3.63) is 34.3 Å². The highest BCUT2D eigenvalue weighted by Gasteiger charge is 2.52. The number of carbonyl (C=O) groups excluding carboxylic acids is 1. The Bertz CT molecular complexity index is 482. The number of carbonyl (C=O) groups is 1. The molecule has 0 radical (unpaired) electrons. The molecule has 2 N–H and O–H groups in total. The van der Waals surface area contributed by atoms with Crippen molar-refractivity contribution in [1.29, 1.82) is 0 Å². The standard InChI is InChI=1S/C16H22BrNO2/c1-3-15(2,10-11-19)18-14(20)16(8-9-16)12-4-6-13(17)7-5-12/h4-7,19H,3,8-11H2,1-2H3,(H,18,20). The van der Waals surface area contributed by atoms with E-state index in [0.717, 1.165) is 29.3 Å². The van der Waals surface area contributed by atoms with E-state index in [1.54, 1.807) is 0 Å². The molecular formula is C16H22BrNO2. The highest BCUT2D eigenvalue weighted by Crippen LogP contribution is 2.49. The average molecular weight is 340 g/mol. The Balaban J connectivity index is 2.14. The van der Waals surface area contributed by atoms with Gasteiger partial charge in [-0.3, -0.25) is 4.79 Å². The van der Waals surface area contributed by atoms with Gasteiger partial charge in [0.2, 0.25) is 5.91 Å². The van der Waals surface area contributed by atoms with E-state index in [9.17, 15) is 4.79 Å². The summed E-state index contributed by atoms with van der Waals surface area (Å²) in [6.45, 7) is 4.13. The molecule has 1 unspecified atom stereocenters. The quantitative estimate of drug-likeness (QED) is 0.836. The van der Waals surface area contributed by atoms with Gasteiger partial charge in [0, 0.05) is 16.6 Å². The van der Waals surface area contributed by atoms with Crippen LogP contribution in [0.15, 0.2) is 28.7 Å². The Morgan fingerprint density at radius 3 is 2.45 bits per heavy atom. The minimum absolute atomic E-state index is 0.0932. The zero-order chi connectivity index (χ0) is 14.8. The van der Waals surface area contributed by atoms with Gasteiger partial charge in [-0.25, -0.2) is 0 Å².